The average Bonchev–Trinajstić information content (AvgIpc) is 3.37. The molecule has 1 aromatic carbocycles. The molecule has 8 rings (SSSR count). The first-order valence-electron chi connectivity index (χ1n) is 18.1. The van der Waals surface area contributed by atoms with E-state index in [2.05, 4.69) is 44.0 Å². The van der Waals surface area contributed by atoms with Crippen LogP contribution < -0.4 is 5.32 Å². The summed E-state index contributed by atoms with van der Waals surface area (Å²) in [5, 5.41) is 13.7. The zero-order valence-electron chi connectivity index (χ0n) is 27.8. The van der Waals surface area contributed by atoms with Crippen molar-refractivity contribution in [1.82, 2.24) is 10.2 Å². The molecule has 7 aliphatic rings. The molecule has 0 aromatic heterocycles. The Kier molecular flexibility index (Phi) is 6.85. The molecule has 1 spiro atoms. The number of fused-ring (bicyclic) bond motifs is 7. The molecule has 240 valence electrons. The maximum atomic E-state index is 11.5. The smallest absolute Gasteiger partial charge is 0.335 e. The van der Waals surface area contributed by atoms with Crippen LogP contribution in [0.4, 0.5) is 0 Å². The molecule has 5 aliphatic carbocycles. The van der Waals surface area contributed by atoms with Crippen molar-refractivity contribution in [2.45, 2.75) is 97.4 Å². The van der Waals surface area contributed by atoms with Gasteiger partial charge >= 0.3 is 5.97 Å². The molecule has 5 nitrogen and oxygen atoms in total. The van der Waals surface area contributed by atoms with Crippen molar-refractivity contribution in [1.29, 1.82) is 0 Å². The van der Waals surface area contributed by atoms with E-state index < -0.39 is 5.97 Å². The summed E-state index contributed by atoms with van der Waals surface area (Å²) in [4.78, 5) is 14.1. The van der Waals surface area contributed by atoms with E-state index in [0.29, 0.717) is 33.3 Å². The molecule has 6 fully saturated rings. The normalized spacial score (nSPS) is 43.5. The summed E-state index contributed by atoms with van der Waals surface area (Å²) < 4.78 is 5.50. The van der Waals surface area contributed by atoms with Gasteiger partial charge in [-0.1, -0.05) is 52.3 Å². The van der Waals surface area contributed by atoms with Crippen LogP contribution in [0.1, 0.15) is 108 Å². The lowest BCUT2D eigenvalue weighted by molar-refractivity contribution is -0.189. The van der Waals surface area contributed by atoms with Crippen molar-refractivity contribution in [2.75, 3.05) is 39.4 Å². The van der Waals surface area contributed by atoms with Crippen LogP contribution in [-0.2, 0) is 4.74 Å². The van der Waals surface area contributed by atoms with Crippen LogP contribution >= 0.6 is 0 Å². The fourth-order valence-corrected chi connectivity index (χ4v) is 13.5. The number of rotatable bonds is 6. The number of allylic oxidation sites excluding steroid dienone is 2. The predicted molar refractivity (Wildman–Crippen MR) is 175 cm³/mol. The summed E-state index contributed by atoms with van der Waals surface area (Å²) in [7, 11) is 0. The van der Waals surface area contributed by atoms with Gasteiger partial charge in [0.05, 0.1) is 18.8 Å². The minimum Gasteiger partial charge on any atom is -0.478 e. The monoisotopic (exact) mass is 600 g/mol. The Morgan fingerprint density at radius 2 is 1.68 bits per heavy atom. The number of carboxylic acid groups (broad SMARTS) is 1. The molecule has 4 unspecified atom stereocenters. The minimum absolute atomic E-state index is 0.0781. The van der Waals surface area contributed by atoms with Crippen molar-refractivity contribution in [2.24, 2.45) is 51.2 Å². The lowest BCUT2D eigenvalue weighted by Crippen LogP contribution is -2.67. The number of hydrogen-bond donors (Lipinski definition) is 2. The van der Waals surface area contributed by atoms with E-state index in [1.165, 1.54) is 88.6 Å². The van der Waals surface area contributed by atoms with Gasteiger partial charge < -0.3 is 20.1 Å². The first-order chi connectivity index (χ1) is 21.0. The van der Waals surface area contributed by atoms with E-state index in [9.17, 15) is 9.90 Å². The van der Waals surface area contributed by atoms with Gasteiger partial charge in [-0.3, -0.25) is 0 Å². The Hall–Kier alpha value is -1.69. The van der Waals surface area contributed by atoms with Gasteiger partial charge in [0.1, 0.15) is 0 Å². The number of benzene rings is 1. The number of likely N-dealkylation sites (tertiary alicyclic amines) is 1. The third-order valence-electron chi connectivity index (χ3n) is 15.4. The Morgan fingerprint density at radius 3 is 2.39 bits per heavy atom. The highest BCUT2D eigenvalue weighted by Crippen LogP contribution is 2.72. The molecule has 44 heavy (non-hydrogen) atoms. The number of aromatic carboxylic acids is 1. The highest BCUT2D eigenvalue weighted by molar-refractivity contribution is 5.88. The van der Waals surface area contributed by atoms with E-state index >= 15 is 0 Å². The van der Waals surface area contributed by atoms with Gasteiger partial charge in [-0.15, -0.1) is 0 Å². The largest absolute Gasteiger partial charge is 0.478 e. The van der Waals surface area contributed by atoms with Crippen LogP contribution in [0.5, 0.6) is 0 Å². The van der Waals surface area contributed by atoms with Gasteiger partial charge in [-0.2, -0.15) is 0 Å². The fourth-order valence-electron chi connectivity index (χ4n) is 13.5. The number of carboxylic acids is 1. The van der Waals surface area contributed by atoms with Crippen LogP contribution in [0.15, 0.2) is 30.3 Å². The quantitative estimate of drug-likeness (QED) is 0.354. The maximum Gasteiger partial charge on any atom is 0.335 e. The van der Waals surface area contributed by atoms with Crippen LogP contribution in [0.25, 0.3) is 5.57 Å². The first-order valence-corrected chi connectivity index (χ1v) is 18.1. The van der Waals surface area contributed by atoms with E-state index in [1.54, 1.807) is 12.1 Å². The Balaban J connectivity index is 0.988. The molecular formula is C39H56N2O3. The molecule has 4 saturated carbocycles. The molecule has 0 bridgehead atoms. The van der Waals surface area contributed by atoms with Crippen LogP contribution in [0.2, 0.25) is 0 Å². The van der Waals surface area contributed by atoms with Crippen molar-refractivity contribution in [3.05, 3.63) is 41.5 Å². The summed E-state index contributed by atoms with van der Waals surface area (Å²) in [6.45, 7) is 17.2. The third kappa shape index (κ3) is 4.23. The van der Waals surface area contributed by atoms with Gasteiger partial charge in [-0.25, -0.2) is 4.79 Å². The molecule has 8 atom stereocenters. The van der Waals surface area contributed by atoms with E-state index in [-0.39, 0.29) is 5.41 Å². The summed E-state index contributed by atoms with van der Waals surface area (Å²) in [6, 6.07) is 7.66. The van der Waals surface area contributed by atoms with Gasteiger partial charge in [0.15, 0.2) is 0 Å². The molecule has 2 heterocycles. The molecule has 5 heteroatoms. The highest BCUT2D eigenvalue weighted by Gasteiger charge is 2.65. The predicted octanol–water partition coefficient (Wildman–Crippen LogP) is 7.52. The van der Waals surface area contributed by atoms with Crippen LogP contribution in [0, 0.1) is 51.2 Å². The Labute approximate surface area is 265 Å². The summed E-state index contributed by atoms with van der Waals surface area (Å²) in [5.41, 5.74) is 4.79. The van der Waals surface area contributed by atoms with Crippen molar-refractivity contribution >= 4 is 11.5 Å². The standard InChI is InChI=1S/C39H56N2O3/c1-35(2)29(26-7-9-27(10-8-26)34(42)43)13-17-37(4)32(35)15-18-36(3)30-14-19-39(16-5-6-31(39)28(30)11-12-33(36)37)40-20-21-41-22-38(23-41)24-44-25-38/h7-10,13,28,30-33,40H,5-6,11-12,14-25H2,1-4H3,(H,42,43)/t28-,30?,31?,32?,33?,36-,37-,39-/m0/s1. The average molecular weight is 601 g/mol. The topological polar surface area (TPSA) is 61.8 Å². The summed E-state index contributed by atoms with van der Waals surface area (Å²) >= 11 is 0. The first kappa shape index (κ1) is 29.7. The fraction of sp³-hybridized carbons (Fsp3) is 0.769. The van der Waals surface area contributed by atoms with Gasteiger partial charge in [-0.05, 0) is 127 Å². The summed E-state index contributed by atoms with van der Waals surface area (Å²) in [5.74, 6) is 3.25. The second kappa shape index (κ2) is 10.2. The molecule has 0 amide bonds. The number of carbonyl (C=O) groups is 1. The van der Waals surface area contributed by atoms with Gasteiger partial charge in [0.25, 0.3) is 0 Å². The van der Waals surface area contributed by atoms with Crippen molar-refractivity contribution in [3.8, 4) is 0 Å². The summed E-state index contributed by atoms with van der Waals surface area (Å²) in [6.07, 6.45) is 16.3. The van der Waals surface area contributed by atoms with Gasteiger partial charge in [0.2, 0.25) is 0 Å². The zero-order chi connectivity index (χ0) is 30.5. The molecule has 0 radical (unpaired) electrons. The molecular weight excluding hydrogens is 544 g/mol. The second-order valence-corrected chi connectivity index (χ2v) is 17.8. The number of ether oxygens (including phenoxy) is 1. The number of nitrogens with one attached hydrogen (secondary N) is 1. The minimum atomic E-state index is -0.846. The van der Waals surface area contributed by atoms with Crippen LogP contribution in [-0.4, -0.2) is 60.9 Å². The van der Waals surface area contributed by atoms with Crippen LogP contribution in [0.3, 0.4) is 0 Å². The number of nitrogens with zero attached hydrogens (tertiary/aromatic N) is 1. The Morgan fingerprint density at radius 1 is 0.909 bits per heavy atom. The Bertz CT molecular complexity index is 1320. The number of hydrogen-bond acceptors (Lipinski definition) is 4. The zero-order valence-corrected chi connectivity index (χ0v) is 27.8. The van der Waals surface area contributed by atoms with Crippen molar-refractivity contribution in [3.63, 3.8) is 0 Å². The molecule has 2 saturated heterocycles. The molecule has 1 aromatic rings. The SMILES string of the molecule is CC1(C)C(c2ccc(C(=O)O)cc2)=CC[C@@]2(C)C1CC[C@@]1(C)C3CC[C@@]4(NCCN5CC6(COC6)C5)CCCC4[C@H]3CCC12. The lowest BCUT2D eigenvalue weighted by Gasteiger charge is -2.68. The second-order valence-electron chi connectivity index (χ2n) is 17.8. The lowest BCUT2D eigenvalue weighted by atomic mass is 9.37. The maximum absolute atomic E-state index is 11.5. The van der Waals surface area contributed by atoms with E-state index in [4.69, 9.17) is 4.74 Å². The molecule has 2 aliphatic heterocycles. The highest BCUT2D eigenvalue weighted by atomic mass is 16.5. The molecule has 2 N–H and O–H groups in total. The van der Waals surface area contributed by atoms with Gasteiger partial charge in [0, 0.05) is 37.1 Å². The van der Waals surface area contributed by atoms with E-state index in [1.807, 2.05) is 12.1 Å². The third-order valence-corrected chi connectivity index (χ3v) is 15.4. The van der Waals surface area contributed by atoms with E-state index in [0.717, 1.165) is 49.9 Å². The van der Waals surface area contributed by atoms with Crippen molar-refractivity contribution < 1.29 is 14.6 Å².